The highest BCUT2D eigenvalue weighted by Crippen LogP contribution is 2.14. The third-order valence-corrected chi connectivity index (χ3v) is 2.50. The molecular formula is C14H24N2O. The van der Waals surface area contributed by atoms with Crippen molar-refractivity contribution < 1.29 is 4.42 Å². The summed E-state index contributed by atoms with van der Waals surface area (Å²) in [7, 11) is 2.06. The van der Waals surface area contributed by atoms with Crippen LogP contribution in [0.25, 0.3) is 0 Å². The molecule has 1 N–H and O–H groups in total. The Hall–Kier alpha value is -1.06. The highest BCUT2D eigenvalue weighted by Gasteiger charge is 2.12. The molecule has 0 amide bonds. The third kappa shape index (κ3) is 5.20. The second kappa shape index (κ2) is 6.03. The lowest BCUT2D eigenvalue weighted by atomic mass is 10.1. The van der Waals surface area contributed by atoms with Crippen molar-refractivity contribution in [3.05, 3.63) is 36.3 Å². The Kier molecular flexibility index (Phi) is 4.97. The van der Waals surface area contributed by atoms with Crippen LogP contribution in [0.15, 0.2) is 29.4 Å². The number of furan rings is 1. The van der Waals surface area contributed by atoms with Gasteiger partial charge in [0, 0.05) is 24.2 Å². The van der Waals surface area contributed by atoms with Gasteiger partial charge in [0.15, 0.2) is 0 Å². The van der Waals surface area contributed by atoms with Crippen LogP contribution in [0.2, 0.25) is 0 Å². The molecule has 17 heavy (non-hydrogen) atoms. The first-order chi connectivity index (χ1) is 7.92. The van der Waals surface area contributed by atoms with Gasteiger partial charge in [-0.3, -0.25) is 4.90 Å². The Morgan fingerprint density at radius 3 is 2.76 bits per heavy atom. The Balaban J connectivity index is 2.56. The van der Waals surface area contributed by atoms with Crippen LogP contribution in [0.4, 0.5) is 0 Å². The average molecular weight is 236 g/mol. The zero-order chi connectivity index (χ0) is 12.9. The van der Waals surface area contributed by atoms with Gasteiger partial charge in [0.25, 0.3) is 0 Å². The minimum absolute atomic E-state index is 0.127. The maximum Gasteiger partial charge on any atom is 0.122 e. The van der Waals surface area contributed by atoms with Gasteiger partial charge in [0.05, 0.1) is 12.8 Å². The third-order valence-electron chi connectivity index (χ3n) is 2.50. The summed E-state index contributed by atoms with van der Waals surface area (Å²) in [6.45, 7) is 12.8. The molecule has 0 spiro atoms. The highest BCUT2D eigenvalue weighted by atomic mass is 16.3. The van der Waals surface area contributed by atoms with Crippen LogP contribution in [0, 0.1) is 0 Å². The van der Waals surface area contributed by atoms with E-state index in [-0.39, 0.29) is 5.54 Å². The summed E-state index contributed by atoms with van der Waals surface area (Å²) in [6, 6.07) is 2.04. The van der Waals surface area contributed by atoms with E-state index in [4.69, 9.17) is 4.42 Å². The minimum Gasteiger partial charge on any atom is -0.468 e. The molecule has 0 aliphatic rings. The van der Waals surface area contributed by atoms with Gasteiger partial charge in [-0.1, -0.05) is 6.08 Å². The van der Waals surface area contributed by atoms with Gasteiger partial charge >= 0.3 is 0 Å². The van der Waals surface area contributed by atoms with Gasteiger partial charge in [-0.05, 0) is 33.9 Å². The van der Waals surface area contributed by atoms with Crippen molar-refractivity contribution >= 4 is 0 Å². The Labute approximate surface area is 104 Å². The van der Waals surface area contributed by atoms with Gasteiger partial charge < -0.3 is 9.73 Å². The zero-order valence-electron chi connectivity index (χ0n) is 11.4. The second-order valence-electron chi connectivity index (χ2n) is 5.46. The molecule has 1 aromatic heterocycles. The van der Waals surface area contributed by atoms with Gasteiger partial charge in [0.1, 0.15) is 5.76 Å². The van der Waals surface area contributed by atoms with Crippen LogP contribution in [-0.4, -0.2) is 24.0 Å². The molecule has 0 aromatic carbocycles. The summed E-state index contributed by atoms with van der Waals surface area (Å²) in [4.78, 5) is 2.17. The number of nitrogens with one attached hydrogen (secondary N) is 1. The molecule has 3 nitrogen and oxygen atoms in total. The summed E-state index contributed by atoms with van der Waals surface area (Å²) >= 11 is 0. The molecule has 0 aliphatic heterocycles. The fraction of sp³-hybridized carbons (Fsp3) is 0.571. The van der Waals surface area contributed by atoms with Crippen LogP contribution in [0.1, 0.15) is 32.1 Å². The van der Waals surface area contributed by atoms with Gasteiger partial charge in [-0.15, -0.1) is 6.58 Å². The molecule has 0 aliphatic carbocycles. The number of hydrogen-bond donors (Lipinski definition) is 1. The van der Waals surface area contributed by atoms with Crippen molar-refractivity contribution in [3.8, 4) is 0 Å². The summed E-state index contributed by atoms with van der Waals surface area (Å²) in [5.74, 6) is 1.03. The van der Waals surface area contributed by atoms with E-state index in [1.165, 1.54) is 5.56 Å². The predicted molar refractivity (Wildman–Crippen MR) is 71.8 cm³/mol. The number of likely N-dealkylation sites (N-methyl/N-ethyl adjacent to an activating group) is 1. The molecule has 3 heteroatoms. The maximum atomic E-state index is 5.53. The molecule has 0 fully saturated rings. The summed E-state index contributed by atoms with van der Waals surface area (Å²) in [5, 5.41) is 3.47. The molecule has 0 saturated carbocycles. The lowest BCUT2D eigenvalue weighted by molar-refractivity contribution is 0.318. The quantitative estimate of drug-likeness (QED) is 0.770. The van der Waals surface area contributed by atoms with Gasteiger partial charge in [-0.25, -0.2) is 0 Å². The first-order valence-electron chi connectivity index (χ1n) is 6.02. The number of nitrogens with zero attached hydrogens (tertiary/aromatic N) is 1. The van der Waals surface area contributed by atoms with Crippen LogP contribution in [0.3, 0.4) is 0 Å². The minimum atomic E-state index is 0.127. The van der Waals surface area contributed by atoms with Crippen molar-refractivity contribution in [2.75, 3.05) is 13.6 Å². The SMILES string of the molecule is C=CCN(C)Cc1occc1CNC(C)(C)C. The first-order valence-corrected chi connectivity index (χ1v) is 6.02. The number of rotatable bonds is 6. The van der Waals surface area contributed by atoms with Crippen molar-refractivity contribution in [1.29, 1.82) is 0 Å². The maximum absolute atomic E-state index is 5.53. The highest BCUT2D eigenvalue weighted by molar-refractivity contribution is 5.17. The van der Waals surface area contributed by atoms with Crippen molar-refractivity contribution in [3.63, 3.8) is 0 Å². The Morgan fingerprint density at radius 1 is 1.47 bits per heavy atom. The molecular weight excluding hydrogens is 212 g/mol. The lowest BCUT2D eigenvalue weighted by Crippen LogP contribution is -2.35. The summed E-state index contributed by atoms with van der Waals surface area (Å²) < 4.78 is 5.53. The standard InChI is InChI=1S/C14H24N2O/c1-6-8-16(5)11-13-12(7-9-17-13)10-15-14(2,3)4/h6-7,9,15H,1,8,10-11H2,2-5H3. The topological polar surface area (TPSA) is 28.4 Å². The van der Waals surface area contributed by atoms with E-state index >= 15 is 0 Å². The van der Waals surface area contributed by atoms with Crippen molar-refractivity contribution in [2.24, 2.45) is 0 Å². The zero-order valence-corrected chi connectivity index (χ0v) is 11.4. The molecule has 0 unspecified atom stereocenters. The normalized spacial score (nSPS) is 12.1. The van der Waals surface area contributed by atoms with Gasteiger partial charge in [0.2, 0.25) is 0 Å². The largest absolute Gasteiger partial charge is 0.468 e. The van der Waals surface area contributed by atoms with Crippen molar-refractivity contribution in [1.82, 2.24) is 10.2 Å². The lowest BCUT2D eigenvalue weighted by Gasteiger charge is -2.21. The second-order valence-corrected chi connectivity index (χ2v) is 5.46. The molecule has 0 saturated heterocycles. The number of hydrogen-bond acceptors (Lipinski definition) is 3. The molecule has 0 bridgehead atoms. The van der Waals surface area contributed by atoms with Crippen LogP contribution in [0.5, 0.6) is 0 Å². The smallest absolute Gasteiger partial charge is 0.122 e. The van der Waals surface area contributed by atoms with E-state index in [0.29, 0.717) is 0 Å². The summed E-state index contributed by atoms with van der Waals surface area (Å²) in [6.07, 6.45) is 3.66. The van der Waals surface area contributed by atoms with E-state index in [9.17, 15) is 0 Å². The van der Waals surface area contributed by atoms with E-state index in [0.717, 1.165) is 25.4 Å². The molecule has 1 heterocycles. The van der Waals surface area contributed by atoms with E-state index in [1.807, 2.05) is 12.1 Å². The van der Waals surface area contributed by atoms with Crippen LogP contribution in [-0.2, 0) is 13.1 Å². The first kappa shape index (κ1) is 14.0. The van der Waals surface area contributed by atoms with E-state index < -0.39 is 0 Å². The monoisotopic (exact) mass is 236 g/mol. The molecule has 96 valence electrons. The molecule has 0 atom stereocenters. The summed E-state index contributed by atoms with van der Waals surface area (Å²) in [5.41, 5.74) is 1.36. The van der Waals surface area contributed by atoms with E-state index in [1.54, 1.807) is 6.26 Å². The molecule has 1 rings (SSSR count). The van der Waals surface area contributed by atoms with Crippen molar-refractivity contribution in [2.45, 2.75) is 39.4 Å². The Morgan fingerprint density at radius 2 is 2.18 bits per heavy atom. The van der Waals surface area contributed by atoms with Crippen LogP contribution >= 0.6 is 0 Å². The fourth-order valence-electron chi connectivity index (χ4n) is 1.55. The molecule has 0 radical (unpaired) electrons. The average Bonchev–Trinajstić information content (AvgIpc) is 2.61. The van der Waals surface area contributed by atoms with E-state index in [2.05, 4.69) is 44.6 Å². The van der Waals surface area contributed by atoms with Crippen LogP contribution < -0.4 is 5.32 Å². The Bertz CT molecular complexity index is 349. The predicted octanol–water partition coefficient (Wildman–Crippen LogP) is 2.79. The fourth-order valence-corrected chi connectivity index (χ4v) is 1.55. The van der Waals surface area contributed by atoms with Gasteiger partial charge in [-0.2, -0.15) is 0 Å². The molecule has 1 aromatic rings.